The highest BCUT2D eigenvalue weighted by Crippen LogP contribution is 2.30. The first-order chi connectivity index (χ1) is 14.3. The first-order valence-corrected chi connectivity index (χ1v) is 9.64. The number of halogens is 3. The molecule has 0 saturated heterocycles. The van der Waals surface area contributed by atoms with Gasteiger partial charge in [0.15, 0.2) is 5.78 Å². The summed E-state index contributed by atoms with van der Waals surface area (Å²) in [6.45, 7) is 6.63. The maximum Gasteiger partial charge on any atom is 0.416 e. The Kier molecular flexibility index (Phi) is 6.98. The Labute approximate surface area is 178 Å². The van der Waals surface area contributed by atoms with Gasteiger partial charge in [-0.15, -0.1) is 0 Å². The van der Waals surface area contributed by atoms with E-state index >= 15 is 0 Å². The average Bonchev–Trinajstić information content (AvgIpc) is 2.93. The molecule has 0 bridgehead atoms. The predicted molar refractivity (Wildman–Crippen MR) is 108 cm³/mol. The molecule has 2 aromatic rings. The second-order valence-corrected chi connectivity index (χ2v) is 7.25. The Morgan fingerprint density at radius 2 is 1.81 bits per heavy atom. The summed E-state index contributed by atoms with van der Waals surface area (Å²) >= 11 is 0. The minimum absolute atomic E-state index is 0.175. The molecule has 0 spiro atoms. The van der Waals surface area contributed by atoms with Crippen molar-refractivity contribution in [2.45, 2.75) is 39.9 Å². The summed E-state index contributed by atoms with van der Waals surface area (Å²) in [5.41, 5.74) is 0.348. The van der Waals surface area contributed by atoms with Crippen LogP contribution in [-0.4, -0.2) is 46.8 Å². The maximum absolute atomic E-state index is 13.2. The lowest BCUT2D eigenvalue weighted by Crippen LogP contribution is -2.40. The zero-order valence-electron chi connectivity index (χ0n) is 18.3. The molecule has 9 heteroatoms. The van der Waals surface area contributed by atoms with Crippen molar-refractivity contribution in [1.82, 2.24) is 9.47 Å². The number of rotatable bonds is 6. The first kappa shape index (κ1) is 24.2. The number of nitrogens with zero attached hydrogens (tertiary/aromatic N) is 2. The highest BCUT2D eigenvalue weighted by Gasteiger charge is 2.33. The zero-order valence-corrected chi connectivity index (χ0v) is 18.3. The molecule has 168 valence electrons. The van der Waals surface area contributed by atoms with Crippen LogP contribution >= 0.6 is 0 Å². The van der Waals surface area contributed by atoms with Gasteiger partial charge in [-0.1, -0.05) is 6.07 Å². The fourth-order valence-corrected chi connectivity index (χ4v) is 3.42. The standard InChI is InChI=1S/C22H25F3N2O4/c1-7-31-21(30)18-12(2)17(13(3)26(18)5)19(28)14(4)27(6)20(29)15-9-8-10-16(11-15)22(23,24)25/h8-11,14H,7H2,1-6H3. The number of benzene rings is 1. The maximum atomic E-state index is 13.2. The minimum atomic E-state index is -4.59. The first-order valence-electron chi connectivity index (χ1n) is 9.64. The third-order valence-corrected chi connectivity index (χ3v) is 5.36. The van der Waals surface area contributed by atoms with Crippen molar-refractivity contribution in [3.8, 4) is 0 Å². The Hall–Kier alpha value is -3.10. The zero-order chi connectivity index (χ0) is 23.7. The molecule has 1 heterocycles. The van der Waals surface area contributed by atoms with Crippen LogP contribution in [0.25, 0.3) is 0 Å². The second kappa shape index (κ2) is 8.95. The fraction of sp³-hybridized carbons (Fsp3) is 0.409. The van der Waals surface area contributed by atoms with E-state index in [2.05, 4.69) is 0 Å². The van der Waals surface area contributed by atoms with Gasteiger partial charge in [0.1, 0.15) is 5.69 Å². The molecule has 1 aromatic heterocycles. The molecule has 0 fully saturated rings. The third kappa shape index (κ3) is 4.65. The van der Waals surface area contributed by atoms with E-state index in [1.165, 1.54) is 20.0 Å². The number of alkyl halides is 3. The van der Waals surface area contributed by atoms with E-state index in [1.807, 2.05) is 0 Å². The number of carbonyl (C=O) groups excluding carboxylic acids is 3. The van der Waals surface area contributed by atoms with Gasteiger partial charge >= 0.3 is 12.1 Å². The molecule has 1 unspecified atom stereocenters. The van der Waals surface area contributed by atoms with E-state index < -0.39 is 35.4 Å². The molecule has 0 radical (unpaired) electrons. The van der Waals surface area contributed by atoms with Gasteiger partial charge < -0.3 is 14.2 Å². The van der Waals surface area contributed by atoms with Gasteiger partial charge in [0.2, 0.25) is 0 Å². The quantitative estimate of drug-likeness (QED) is 0.501. The predicted octanol–water partition coefficient (Wildman–Crippen LogP) is 4.18. The largest absolute Gasteiger partial charge is 0.461 e. The molecule has 1 amide bonds. The van der Waals surface area contributed by atoms with Crippen LogP contribution < -0.4 is 0 Å². The summed E-state index contributed by atoms with van der Waals surface area (Å²) < 4.78 is 45.5. The molecule has 0 aliphatic rings. The Bertz CT molecular complexity index is 1020. The van der Waals surface area contributed by atoms with Crippen molar-refractivity contribution < 1.29 is 32.3 Å². The van der Waals surface area contributed by atoms with E-state index in [9.17, 15) is 27.6 Å². The van der Waals surface area contributed by atoms with E-state index in [1.54, 1.807) is 32.4 Å². The topological polar surface area (TPSA) is 68.6 Å². The SMILES string of the molecule is CCOC(=O)c1c(C)c(C(=O)C(C)N(C)C(=O)c2cccc(C(F)(F)F)c2)c(C)n1C. The number of Topliss-reactive ketones (excluding diaryl/α,β-unsaturated/α-hetero) is 1. The monoisotopic (exact) mass is 438 g/mol. The van der Waals surface area contributed by atoms with E-state index in [0.717, 1.165) is 23.1 Å². The van der Waals surface area contributed by atoms with Gasteiger partial charge in [-0.25, -0.2) is 4.79 Å². The molecular formula is C22H25F3N2O4. The van der Waals surface area contributed by atoms with Gasteiger partial charge in [0.25, 0.3) is 5.91 Å². The van der Waals surface area contributed by atoms with E-state index in [-0.39, 0.29) is 23.4 Å². The summed E-state index contributed by atoms with van der Waals surface area (Å²) in [4.78, 5) is 39.3. The molecule has 31 heavy (non-hydrogen) atoms. The highest BCUT2D eigenvalue weighted by molar-refractivity contribution is 6.07. The molecular weight excluding hydrogens is 413 g/mol. The van der Waals surface area contributed by atoms with Crippen LogP contribution in [0.2, 0.25) is 0 Å². The van der Waals surface area contributed by atoms with Crippen molar-refractivity contribution in [3.05, 3.63) is 57.9 Å². The number of likely N-dealkylation sites (N-methyl/N-ethyl adjacent to an activating group) is 1. The lowest BCUT2D eigenvalue weighted by atomic mass is 9.99. The fourth-order valence-electron chi connectivity index (χ4n) is 3.42. The van der Waals surface area contributed by atoms with Gasteiger partial charge in [0.05, 0.1) is 18.2 Å². The summed E-state index contributed by atoms with van der Waals surface area (Å²) in [5.74, 6) is -1.71. The Morgan fingerprint density at radius 3 is 2.35 bits per heavy atom. The average molecular weight is 438 g/mol. The van der Waals surface area contributed by atoms with Crippen molar-refractivity contribution >= 4 is 17.7 Å². The van der Waals surface area contributed by atoms with Crippen molar-refractivity contribution in [1.29, 1.82) is 0 Å². The number of amides is 1. The smallest absolute Gasteiger partial charge is 0.416 e. The molecule has 0 aliphatic carbocycles. The molecule has 0 aliphatic heterocycles. The van der Waals surface area contributed by atoms with Crippen LogP contribution in [0.4, 0.5) is 13.2 Å². The third-order valence-electron chi connectivity index (χ3n) is 5.36. The minimum Gasteiger partial charge on any atom is -0.461 e. The van der Waals surface area contributed by atoms with Crippen LogP contribution in [0.15, 0.2) is 24.3 Å². The van der Waals surface area contributed by atoms with E-state index in [4.69, 9.17) is 4.74 Å². The molecule has 0 N–H and O–H groups in total. The summed E-state index contributed by atoms with van der Waals surface area (Å²) in [6, 6.07) is 3.07. The van der Waals surface area contributed by atoms with Crippen molar-refractivity contribution in [2.75, 3.05) is 13.7 Å². The van der Waals surface area contributed by atoms with Crippen molar-refractivity contribution in [3.63, 3.8) is 0 Å². The lowest BCUT2D eigenvalue weighted by molar-refractivity contribution is -0.137. The van der Waals surface area contributed by atoms with Crippen molar-refractivity contribution in [2.24, 2.45) is 7.05 Å². The molecule has 6 nitrogen and oxygen atoms in total. The number of esters is 1. The van der Waals surface area contributed by atoms with Crippen LogP contribution in [-0.2, 0) is 18.0 Å². The van der Waals surface area contributed by atoms with Crippen LogP contribution in [0, 0.1) is 13.8 Å². The number of hydrogen-bond acceptors (Lipinski definition) is 4. The van der Waals surface area contributed by atoms with Crippen LogP contribution in [0.1, 0.15) is 61.9 Å². The van der Waals surface area contributed by atoms with Gasteiger partial charge in [-0.2, -0.15) is 13.2 Å². The number of hydrogen-bond donors (Lipinski definition) is 0. The van der Waals surface area contributed by atoms with Gasteiger partial charge in [0, 0.05) is 30.9 Å². The Balaban J connectivity index is 2.36. The van der Waals surface area contributed by atoms with Gasteiger partial charge in [-0.05, 0) is 51.5 Å². The van der Waals surface area contributed by atoms with Crippen LogP contribution in [0.3, 0.4) is 0 Å². The number of aromatic nitrogens is 1. The molecule has 1 aromatic carbocycles. The molecule has 2 rings (SSSR count). The summed E-state index contributed by atoms with van der Waals surface area (Å²) in [5, 5.41) is 0. The van der Waals surface area contributed by atoms with Gasteiger partial charge in [-0.3, -0.25) is 9.59 Å². The molecule has 0 saturated carbocycles. The highest BCUT2D eigenvalue weighted by atomic mass is 19.4. The normalized spacial score (nSPS) is 12.4. The number of carbonyl (C=O) groups is 3. The molecule has 1 atom stereocenters. The number of ether oxygens (including phenoxy) is 1. The second-order valence-electron chi connectivity index (χ2n) is 7.25. The van der Waals surface area contributed by atoms with Crippen LogP contribution in [0.5, 0.6) is 0 Å². The van der Waals surface area contributed by atoms with E-state index in [0.29, 0.717) is 11.3 Å². The number of ketones is 1. The summed E-state index contributed by atoms with van der Waals surface area (Å²) in [7, 11) is 2.98. The Morgan fingerprint density at radius 1 is 1.19 bits per heavy atom. The lowest BCUT2D eigenvalue weighted by Gasteiger charge is -2.24. The summed E-state index contributed by atoms with van der Waals surface area (Å²) in [6.07, 6.45) is -4.59.